The van der Waals surface area contributed by atoms with E-state index in [4.69, 9.17) is 5.11 Å². The highest BCUT2D eigenvalue weighted by Crippen LogP contribution is 2.19. The predicted octanol–water partition coefficient (Wildman–Crippen LogP) is 1.79. The molecule has 122 valence electrons. The van der Waals surface area contributed by atoms with Crippen LogP contribution in [0, 0.1) is 5.92 Å². The maximum absolute atomic E-state index is 12.3. The number of amides is 2. The van der Waals surface area contributed by atoms with E-state index in [1.807, 2.05) is 18.2 Å². The summed E-state index contributed by atoms with van der Waals surface area (Å²) in [4.78, 5) is 24.8. The van der Waals surface area contributed by atoms with Crippen LogP contribution in [-0.4, -0.2) is 49.7 Å². The molecule has 1 unspecified atom stereocenters. The van der Waals surface area contributed by atoms with Crippen LogP contribution in [0.5, 0.6) is 0 Å². The van der Waals surface area contributed by atoms with Crippen molar-refractivity contribution in [3.05, 3.63) is 24.2 Å². The van der Waals surface area contributed by atoms with Crippen molar-refractivity contribution in [2.75, 3.05) is 18.4 Å². The highest BCUT2D eigenvalue weighted by Gasteiger charge is 2.30. The zero-order valence-electron chi connectivity index (χ0n) is 13.1. The summed E-state index contributed by atoms with van der Waals surface area (Å²) in [5.74, 6) is -0.296. The first kappa shape index (κ1) is 15.3. The molecule has 1 aliphatic rings. The molecule has 8 heteroatoms. The number of carbonyl (C=O) groups is 2. The number of carboxylic acids is 1. The van der Waals surface area contributed by atoms with Gasteiger partial charge in [-0.1, -0.05) is 13.8 Å². The number of hydrogen-bond donors (Lipinski definition) is 2. The number of aromatic nitrogens is 3. The molecule has 0 radical (unpaired) electrons. The fourth-order valence-corrected chi connectivity index (χ4v) is 2.72. The third kappa shape index (κ3) is 2.96. The minimum atomic E-state index is -0.854. The smallest absolute Gasteiger partial charge is 0.321 e. The van der Waals surface area contributed by atoms with Crippen molar-refractivity contribution in [3.63, 3.8) is 0 Å². The molecule has 8 nitrogen and oxygen atoms in total. The van der Waals surface area contributed by atoms with Crippen LogP contribution in [0.25, 0.3) is 5.65 Å². The number of urea groups is 1. The monoisotopic (exact) mass is 317 g/mol. The van der Waals surface area contributed by atoms with Crippen molar-refractivity contribution in [3.8, 4) is 0 Å². The zero-order valence-corrected chi connectivity index (χ0v) is 13.1. The quantitative estimate of drug-likeness (QED) is 0.899. The minimum absolute atomic E-state index is 0.214. The van der Waals surface area contributed by atoms with Gasteiger partial charge in [-0.3, -0.25) is 9.20 Å². The molecule has 0 aliphatic carbocycles. The first-order valence-electron chi connectivity index (χ1n) is 7.59. The van der Waals surface area contributed by atoms with E-state index in [2.05, 4.69) is 15.5 Å². The molecule has 2 aromatic rings. The summed E-state index contributed by atoms with van der Waals surface area (Å²) in [6.45, 7) is 4.75. The maximum atomic E-state index is 12.3. The molecule has 2 aromatic heterocycles. The molecule has 0 aromatic carbocycles. The van der Waals surface area contributed by atoms with Gasteiger partial charge in [-0.05, 0) is 18.6 Å². The lowest BCUT2D eigenvalue weighted by molar-refractivity contribution is -0.141. The number of pyridine rings is 1. The lowest BCUT2D eigenvalue weighted by Gasteiger charge is -2.17. The van der Waals surface area contributed by atoms with E-state index < -0.39 is 11.9 Å². The Balaban J connectivity index is 1.75. The third-order valence-electron chi connectivity index (χ3n) is 4.02. The summed E-state index contributed by atoms with van der Waals surface area (Å²) in [7, 11) is 0. The largest absolute Gasteiger partial charge is 0.481 e. The van der Waals surface area contributed by atoms with Gasteiger partial charge in [0, 0.05) is 25.2 Å². The van der Waals surface area contributed by atoms with E-state index in [0.29, 0.717) is 18.7 Å². The highest BCUT2D eigenvalue weighted by atomic mass is 16.4. The van der Waals surface area contributed by atoms with Crippen LogP contribution < -0.4 is 5.32 Å². The van der Waals surface area contributed by atoms with Gasteiger partial charge >= 0.3 is 12.0 Å². The molecule has 0 saturated carbocycles. The minimum Gasteiger partial charge on any atom is -0.481 e. The Kier molecular flexibility index (Phi) is 3.89. The molecule has 1 fully saturated rings. The van der Waals surface area contributed by atoms with Crippen LogP contribution in [0.4, 0.5) is 10.5 Å². The molecule has 3 heterocycles. The van der Waals surface area contributed by atoms with Gasteiger partial charge in [0.25, 0.3) is 0 Å². The van der Waals surface area contributed by atoms with Crippen molar-refractivity contribution < 1.29 is 14.7 Å². The SMILES string of the molecule is CC(C)c1nnc2ccc(NC(=O)N3CCC(C(=O)O)C3)cn12. The highest BCUT2D eigenvalue weighted by molar-refractivity contribution is 5.90. The van der Waals surface area contributed by atoms with Gasteiger partial charge in [0.2, 0.25) is 0 Å². The topological polar surface area (TPSA) is 99.8 Å². The number of nitrogens with one attached hydrogen (secondary N) is 1. The number of anilines is 1. The predicted molar refractivity (Wildman–Crippen MR) is 83.4 cm³/mol. The van der Waals surface area contributed by atoms with Gasteiger partial charge in [0.15, 0.2) is 5.65 Å². The van der Waals surface area contributed by atoms with Crippen molar-refractivity contribution >= 4 is 23.3 Å². The Morgan fingerprint density at radius 1 is 1.35 bits per heavy atom. The van der Waals surface area contributed by atoms with Crippen LogP contribution in [0.15, 0.2) is 18.3 Å². The molecule has 2 amide bonds. The Morgan fingerprint density at radius 3 is 2.78 bits per heavy atom. The van der Waals surface area contributed by atoms with Gasteiger partial charge in [-0.2, -0.15) is 0 Å². The van der Waals surface area contributed by atoms with Gasteiger partial charge in [0.05, 0.1) is 11.6 Å². The van der Waals surface area contributed by atoms with Crippen LogP contribution in [0.3, 0.4) is 0 Å². The van der Waals surface area contributed by atoms with E-state index in [1.165, 1.54) is 4.90 Å². The van der Waals surface area contributed by atoms with Gasteiger partial charge in [0.1, 0.15) is 5.82 Å². The zero-order chi connectivity index (χ0) is 16.6. The summed E-state index contributed by atoms with van der Waals surface area (Å²) in [6.07, 6.45) is 2.28. The molecule has 0 spiro atoms. The van der Waals surface area contributed by atoms with Crippen molar-refractivity contribution in [2.45, 2.75) is 26.2 Å². The van der Waals surface area contributed by atoms with Crippen molar-refractivity contribution in [1.82, 2.24) is 19.5 Å². The molecule has 0 bridgehead atoms. The van der Waals surface area contributed by atoms with Gasteiger partial charge < -0.3 is 15.3 Å². The third-order valence-corrected chi connectivity index (χ3v) is 4.02. The first-order chi connectivity index (χ1) is 11.0. The van der Waals surface area contributed by atoms with Crippen LogP contribution in [0.2, 0.25) is 0 Å². The lowest BCUT2D eigenvalue weighted by Crippen LogP contribution is -2.33. The summed E-state index contributed by atoms with van der Waals surface area (Å²) < 4.78 is 1.85. The van der Waals surface area contributed by atoms with E-state index in [-0.39, 0.29) is 18.5 Å². The van der Waals surface area contributed by atoms with Crippen molar-refractivity contribution in [1.29, 1.82) is 0 Å². The molecule has 2 N–H and O–H groups in total. The fraction of sp³-hybridized carbons (Fsp3) is 0.467. The lowest BCUT2D eigenvalue weighted by atomic mass is 10.1. The number of fused-ring (bicyclic) bond motifs is 1. The number of aliphatic carboxylic acids is 1. The van der Waals surface area contributed by atoms with Crippen molar-refractivity contribution in [2.24, 2.45) is 5.92 Å². The standard InChI is InChI=1S/C15H19N5O3/c1-9(2)13-18-17-12-4-3-11(8-20(12)13)16-15(23)19-6-5-10(7-19)14(21)22/h3-4,8-10H,5-7H2,1-2H3,(H,16,23)(H,21,22). The molecular weight excluding hydrogens is 298 g/mol. The molecule has 1 saturated heterocycles. The average molecular weight is 317 g/mol. The number of carbonyl (C=O) groups excluding carboxylic acids is 1. The van der Waals surface area contributed by atoms with Crippen LogP contribution >= 0.6 is 0 Å². The van der Waals surface area contributed by atoms with E-state index in [0.717, 1.165) is 11.5 Å². The Bertz CT molecular complexity index is 755. The summed E-state index contributed by atoms with van der Waals surface area (Å²) in [5, 5.41) is 20.1. The number of hydrogen-bond acceptors (Lipinski definition) is 4. The Labute approximate surface area is 133 Å². The second kappa shape index (κ2) is 5.86. The fourth-order valence-electron chi connectivity index (χ4n) is 2.72. The normalized spacial score (nSPS) is 17.9. The number of carboxylic acid groups (broad SMARTS) is 1. The second-order valence-corrected chi connectivity index (χ2v) is 6.06. The Hall–Kier alpha value is -2.64. The second-order valence-electron chi connectivity index (χ2n) is 6.06. The van der Waals surface area contributed by atoms with Gasteiger partial charge in [-0.15, -0.1) is 10.2 Å². The molecule has 1 aliphatic heterocycles. The molecule has 1 atom stereocenters. The number of likely N-dealkylation sites (tertiary alicyclic amines) is 1. The first-order valence-corrected chi connectivity index (χ1v) is 7.59. The average Bonchev–Trinajstić information content (AvgIpc) is 3.13. The summed E-state index contributed by atoms with van der Waals surface area (Å²) >= 11 is 0. The summed E-state index contributed by atoms with van der Waals surface area (Å²) in [5.41, 5.74) is 1.35. The van der Waals surface area contributed by atoms with Gasteiger partial charge in [-0.25, -0.2) is 4.79 Å². The molecule has 3 rings (SSSR count). The van der Waals surface area contributed by atoms with Crippen LogP contribution in [-0.2, 0) is 4.79 Å². The van der Waals surface area contributed by atoms with Crippen LogP contribution in [0.1, 0.15) is 32.0 Å². The van der Waals surface area contributed by atoms with E-state index in [1.54, 1.807) is 18.3 Å². The molecular formula is C15H19N5O3. The van der Waals surface area contributed by atoms with E-state index >= 15 is 0 Å². The maximum Gasteiger partial charge on any atom is 0.321 e. The number of nitrogens with zero attached hydrogens (tertiary/aromatic N) is 4. The van der Waals surface area contributed by atoms with E-state index in [9.17, 15) is 9.59 Å². The number of rotatable bonds is 3. The Morgan fingerprint density at radius 2 is 2.13 bits per heavy atom. The summed E-state index contributed by atoms with van der Waals surface area (Å²) in [6, 6.07) is 3.27. The molecule has 23 heavy (non-hydrogen) atoms.